The second-order valence-electron chi connectivity index (χ2n) is 6.62. The van der Waals surface area contributed by atoms with E-state index in [1.807, 2.05) is 39.0 Å². The van der Waals surface area contributed by atoms with Crippen LogP contribution in [-0.4, -0.2) is 48.9 Å². The molecule has 0 bridgehead atoms. The van der Waals surface area contributed by atoms with Gasteiger partial charge in [0.1, 0.15) is 5.60 Å². The number of carbonyl (C=O) groups is 1. The van der Waals surface area contributed by atoms with Crippen molar-refractivity contribution in [2.24, 2.45) is 0 Å². The summed E-state index contributed by atoms with van der Waals surface area (Å²) in [5, 5.41) is 3.40. The van der Waals surface area contributed by atoms with E-state index in [1.54, 1.807) is 4.90 Å². The van der Waals surface area contributed by atoms with Gasteiger partial charge in [-0.2, -0.15) is 0 Å². The zero-order chi connectivity index (χ0) is 16.9. The minimum Gasteiger partial charge on any atom is -0.444 e. The lowest BCUT2D eigenvalue weighted by Gasteiger charge is -2.36. The molecule has 1 fully saturated rings. The molecule has 5 nitrogen and oxygen atoms in total. The molecule has 0 aromatic heterocycles. The quantitative estimate of drug-likeness (QED) is 0.865. The smallest absolute Gasteiger partial charge is 0.410 e. The van der Waals surface area contributed by atoms with Crippen LogP contribution in [0.4, 0.5) is 4.79 Å². The van der Waals surface area contributed by atoms with Crippen LogP contribution < -0.4 is 5.32 Å². The standard InChI is InChI=1S/C17H25BrN2O3/c1-17(2,3)23-16(21)20-8-9-22-12-14(20)11-19-10-13-6-4-5-7-15(13)18/h4-7,14,19H,8-12H2,1-3H3. The molecule has 1 N–H and O–H groups in total. The van der Waals surface area contributed by atoms with Gasteiger partial charge < -0.3 is 14.8 Å². The highest BCUT2D eigenvalue weighted by atomic mass is 79.9. The van der Waals surface area contributed by atoms with E-state index < -0.39 is 5.60 Å². The van der Waals surface area contributed by atoms with Crippen molar-refractivity contribution in [2.75, 3.05) is 26.3 Å². The van der Waals surface area contributed by atoms with E-state index in [-0.39, 0.29) is 12.1 Å². The fourth-order valence-electron chi connectivity index (χ4n) is 2.40. The third-order valence-electron chi connectivity index (χ3n) is 3.51. The SMILES string of the molecule is CC(C)(C)OC(=O)N1CCOCC1CNCc1ccccc1Br. The number of morpholine rings is 1. The Morgan fingerprint density at radius 2 is 2.17 bits per heavy atom. The predicted octanol–water partition coefficient (Wildman–Crippen LogP) is 3.17. The largest absolute Gasteiger partial charge is 0.444 e. The second-order valence-corrected chi connectivity index (χ2v) is 7.48. The Morgan fingerprint density at radius 1 is 1.43 bits per heavy atom. The number of benzene rings is 1. The number of rotatable bonds is 4. The molecule has 1 aromatic carbocycles. The zero-order valence-electron chi connectivity index (χ0n) is 14.0. The Kier molecular flexibility index (Phi) is 6.44. The Hall–Kier alpha value is -1.11. The van der Waals surface area contributed by atoms with Crippen LogP contribution >= 0.6 is 15.9 Å². The van der Waals surface area contributed by atoms with Gasteiger partial charge in [-0.05, 0) is 32.4 Å². The van der Waals surface area contributed by atoms with E-state index in [9.17, 15) is 4.79 Å². The van der Waals surface area contributed by atoms with E-state index >= 15 is 0 Å². The zero-order valence-corrected chi connectivity index (χ0v) is 15.6. The second kappa shape index (κ2) is 8.13. The maximum absolute atomic E-state index is 12.3. The number of nitrogens with one attached hydrogen (secondary N) is 1. The molecule has 1 atom stereocenters. The van der Waals surface area contributed by atoms with E-state index in [0.29, 0.717) is 26.3 Å². The summed E-state index contributed by atoms with van der Waals surface area (Å²) in [6, 6.07) is 8.08. The van der Waals surface area contributed by atoms with Crippen molar-refractivity contribution in [3.8, 4) is 0 Å². The molecule has 1 heterocycles. The van der Waals surface area contributed by atoms with Gasteiger partial charge in [-0.3, -0.25) is 4.90 Å². The third-order valence-corrected chi connectivity index (χ3v) is 4.28. The molecule has 1 amide bonds. The van der Waals surface area contributed by atoms with Gasteiger partial charge in [0.25, 0.3) is 0 Å². The molecule has 1 unspecified atom stereocenters. The number of hydrogen-bond donors (Lipinski definition) is 1. The molecule has 6 heteroatoms. The van der Waals surface area contributed by atoms with Crippen molar-refractivity contribution in [2.45, 2.75) is 39.0 Å². The molecule has 2 rings (SSSR count). The van der Waals surface area contributed by atoms with Gasteiger partial charge in [0.2, 0.25) is 0 Å². The van der Waals surface area contributed by atoms with E-state index in [4.69, 9.17) is 9.47 Å². The fourth-order valence-corrected chi connectivity index (χ4v) is 2.83. The minimum absolute atomic E-state index is 0.0129. The summed E-state index contributed by atoms with van der Waals surface area (Å²) in [4.78, 5) is 14.1. The van der Waals surface area contributed by atoms with Crippen molar-refractivity contribution < 1.29 is 14.3 Å². The Balaban J connectivity index is 1.89. The van der Waals surface area contributed by atoms with Crippen LogP contribution in [0.3, 0.4) is 0 Å². The summed E-state index contributed by atoms with van der Waals surface area (Å²) in [5.74, 6) is 0. The monoisotopic (exact) mass is 384 g/mol. The summed E-state index contributed by atoms with van der Waals surface area (Å²) in [5.41, 5.74) is 0.704. The normalized spacial score (nSPS) is 18.8. The average molecular weight is 385 g/mol. The molecule has 0 aliphatic carbocycles. The van der Waals surface area contributed by atoms with E-state index in [0.717, 1.165) is 11.0 Å². The maximum atomic E-state index is 12.3. The number of ether oxygens (including phenoxy) is 2. The topological polar surface area (TPSA) is 50.8 Å². The molecular formula is C17H25BrN2O3. The van der Waals surface area contributed by atoms with Gasteiger partial charge >= 0.3 is 6.09 Å². The summed E-state index contributed by atoms with van der Waals surface area (Å²) in [7, 11) is 0. The number of amides is 1. The molecular weight excluding hydrogens is 360 g/mol. The van der Waals surface area contributed by atoms with Gasteiger partial charge in [0.15, 0.2) is 0 Å². The number of carbonyl (C=O) groups excluding carboxylic acids is 1. The van der Waals surface area contributed by atoms with Crippen LogP contribution in [0.25, 0.3) is 0 Å². The highest BCUT2D eigenvalue weighted by molar-refractivity contribution is 9.10. The first-order valence-electron chi connectivity index (χ1n) is 7.88. The molecule has 23 heavy (non-hydrogen) atoms. The first kappa shape index (κ1) is 18.2. The number of hydrogen-bond acceptors (Lipinski definition) is 4. The summed E-state index contributed by atoms with van der Waals surface area (Å²) < 4.78 is 12.1. The maximum Gasteiger partial charge on any atom is 0.410 e. The Bertz CT molecular complexity index is 531. The molecule has 1 aliphatic heterocycles. The van der Waals surface area contributed by atoms with Crippen molar-refractivity contribution in [1.29, 1.82) is 0 Å². The Morgan fingerprint density at radius 3 is 2.87 bits per heavy atom. The first-order valence-corrected chi connectivity index (χ1v) is 8.67. The highest BCUT2D eigenvalue weighted by Crippen LogP contribution is 2.16. The first-order chi connectivity index (χ1) is 10.9. The summed E-state index contributed by atoms with van der Waals surface area (Å²) in [6.07, 6.45) is -0.270. The van der Waals surface area contributed by atoms with Gasteiger partial charge in [-0.25, -0.2) is 4.79 Å². The molecule has 128 valence electrons. The van der Waals surface area contributed by atoms with Crippen molar-refractivity contribution in [3.05, 3.63) is 34.3 Å². The molecule has 1 aliphatic rings. The van der Waals surface area contributed by atoms with Crippen molar-refractivity contribution >= 4 is 22.0 Å². The van der Waals surface area contributed by atoms with Crippen LogP contribution in [0, 0.1) is 0 Å². The number of nitrogens with zero attached hydrogens (tertiary/aromatic N) is 1. The molecule has 0 saturated carbocycles. The lowest BCUT2D eigenvalue weighted by molar-refractivity contribution is -0.0317. The van der Waals surface area contributed by atoms with Crippen LogP contribution in [-0.2, 0) is 16.0 Å². The van der Waals surface area contributed by atoms with E-state index in [1.165, 1.54) is 5.56 Å². The van der Waals surface area contributed by atoms with Gasteiger partial charge in [-0.15, -0.1) is 0 Å². The lowest BCUT2D eigenvalue weighted by Crippen LogP contribution is -2.54. The van der Waals surface area contributed by atoms with Gasteiger partial charge in [0.05, 0.1) is 19.3 Å². The average Bonchev–Trinajstić information content (AvgIpc) is 2.48. The Labute approximate surface area is 146 Å². The summed E-state index contributed by atoms with van der Waals surface area (Å²) in [6.45, 7) is 8.70. The van der Waals surface area contributed by atoms with Crippen LogP contribution in [0.2, 0.25) is 0 Å². The van der Waals surface area contributed by atoms with Crippen LogP contribution in [0.1, 0.15) is 26.3 Å². The van der Waals surface area contributed by atoms with Gasteiger partial charge in [-0.1, -0.05) is 34.1 Å². The minimum atomic E-state index is -0.484. The lowest BCUT2D eigenvalue weighted by atomic mass is 10.2. The fraction of sp³-hybridized carbons (Fsp3) is 0.588. The van der Waals surface area contributed by atoms with Crippen LogP contribution in [0.5, 0.6) is 0 Å². The van der Waals surface area contributed by atoms with Crippen molar-refractivity contribution in [1.82, 2.24) is 10.2 Å². The van der Waals surface area contributed by atoms with E-state index in [2.05, 4.69) is 27.3 Å². The van der Waals surface area contributed by atoms with Crippen molar-refractivity contribution in [3.63, 3.8) is 0 Å². The molecule has 0 spiro atoms. The molecule has 1 saturated heterocycles. The van der Waals surface area contributed by atoms with Crippen LogP contribution in [0.15, 0.2) is 28.7 Å². The summed E-state index contributed by atoms with van der Waals surface area (Å²) >= 11 is 3.54. The highest BCUT2D eigenvalue weighted by Gasteiger charge is 2.30. The predicted molar refractivity (Wildman–Crippen MR) is 93.4 cm³/mol. The van der Waals surface area contributed by atoms with Gasteiger partial charge in [0, 0.05) is 24.1 Å². The third kappa shape index (κ3) is 5.79. The molecule has 0 radical (unpaired) electrons. The molecule has 1 aromatic rings. The number of halogens is 1.